The Morgan fingerprint density at radius 3 is 2.78 bits per heavy atom. The van der Waals surface area contributed by atoms with Crippen molar-refractivity contribution in [2.45, 2.75) is 39.7 Å². The van der Waals surface area contributed by atoms with Crippen LogP contribution in [0, 0.1) is 5.92 Å². The van der Waals surface area contributed by atoms with Gasteiger partial charge in [-0.05, 0) is 50.4 Å². The summed E-state index contributed by atoms with van der Waals surface area (Å²) in [6, 6.07) is 7.70. The number of rotatable bonds is 7. The second-order valence-corrected chi connectivity index (χ2v) is 6.14. The maximum atomic E-state index is 12.2. The first-order valence-corrected chi connectivity index (χ1v) is 8.44. The van der Waals surface area contributed by atoms with Crippen LogP contribution in [0.3, 0.4) is 0 Å². The number of hydrogen-bond acceptors (Lipinski definition) is 3. The average Bonchev–Trinajstić information content (AvgIpc) is 3.05. The number of carbonyl (C=O) groups excluding carboxylic acids is 2. The van der Waals surface area contributed by atoms with Gasteiger partial charge in [-0.2, -0.15) is 0 Å². The van der Waals surface area contributed by atoms with Crippen LogP contribution in [0.4, 0.5) is 5.69 Å². The van der Waals surface area contributed by atoms with Gasteiger partial charge in [0.05, 0.1) is 0 Å². The van der Waals surface area contributed by atoms with Gasteiger partial charge in [0.2, 0.25) is 11.8 Å². The highest BCUT2D eigenvalue weighted by molar-refractivity contribution is 5.91. The molecule has 1 unspecified atom stereocenters. The Morgan fingerprint density at radius 2 is 2.13 bits per heavy atom. The highest BCUT2D eigenvalue weighted by atomic mass is 16.2. The van der Waals surface area contributed by atoms with E-state index in [2.05, 4.69) is 10.6 Å². The molecule has 1 fully saturated rings. The van der Waals surface area contributed by atoms with Crippen molar-refractivity contribution in [2.24, 2.45) is 5.92 Å². The maximum absolute atomic E-state index is 12.2. The maximum Gasteiger partial charge on any atom is 0.224 e. The molecule has 0 spiro atoms. The molecule has 1 heterocycles. The summed E-state index contributed by atoms with van der Waals surface area (Å²) in [5.74, 6) is 0.710. The smallest absolute Gasteiger partial charge is 0.224 e. The third kappa shape index (κ3) is 5.36. The predicted molar refractivity (Wildman–Crippen MR) is 92.0 cm³/mol. The zero-order chi connectivity index (χ0) is 16.7. The Balaban J connectivity index is 1.93. The molecule has 0 aromatic heterocycles. The number of para-hydroxylation sites is 1. The van der Waals surface area contributed by atoms with Gasteiger partial charge in [0.1, 0.15) is 0 Å². The van der Waals surface area contributed by atoms with Crippen molar-refractivity contribution in [3.8, 4) is 0 Å². The predicted octanol–water partition coefficient (Wildman–Crippen LogP) is 2.38. The van der Waals surface area contributed by atoms with Crippen LogP contribution in [0.25, 0.3) is 0 Å². The fourth-order valence-corrected chi connectivity index (χ4v) is 2.94. The Bertz CT molecular complexity index is 539. The van der Waals surface area contributed by atoms with Crippen LogP contribution in [0.1, 0.15) is 38.7 Å². The van der Waals surface area contributed by atoms with Gasteiger partial charge in [-0.3, -0.25) is 9.59 Å². The molecule has 2 amide bonds. The molecule has 5 nitrogen and oxygen atoms in total. The van der Waals surface area contributed by atoms with E-state index in [0.717, 1.165) is 37.2 Å². The SMILES string of the molecule is CCN(Cc1ccccc1NC(=O)CCC1CCNC1)C(C)=O. The largest absolute Gasteiger partial charge is 0.339 e. The van der Waals surface area contributed by atoms with Gasteiger partial charge in [0.15, 0.2) is 0 Å². The molecule has 5 heteroatoms. The van der Waals surface area contributed by atoms with E-state index < -0.39 is 0 Å². The molecule has 126 valence electrons. The Labute approximate surface area is 138 Å². The van der Waals surface area contributed by atoms with Crippen molar-refractivity contribution < 1.29 is 9.59 Å². The minimum atomic E-state index is 0.0439. The number of anilines is 1. The van der Waals surface area contributed by atoms with Crippen LogP contribution in [0.2, 0.25) is 0 Å². The zero-order valence-corrected chi connectivity index (χ0v) is 14.1. The van der Waals surface area contributed by atoms with Crippen molar-refractivity contribution in [3.05, 3.63) is 29.8 Å². The first-order chi connectivity index (χ1) is 11.1. The average molecular weight is 317 g/mol. The third-order valence-electron chi connectivity index (χ3n) is 4.42. The van der Waals surface area contributed by atoms with Gasteiger partial charge in [-0.15, -0.1) is 0 Å². The van der Waals surface area contributed by atoms with Gasteiger partial charge in [0, 0.05) is 32.1 Å². The molecule has 23 heavy (non-hydrogen) atoms. The van der Waals surface area contributed by atoms with Gasteiger partial charge >= 0.3 is 0 Å². The second-order valence-electron chi connectivity index (χ2n) is 6.14. The molecule has 0 radical (unpaired) electrons. The molecule has 1 aromatic rings. The Hall–Kier alpha value is -1.88. The molecule has 1 saturated heterocycles. The summed E-state index contributed by atoms with van der Waals surface area (Å²) in [5, 5.41) is 6.33. The normalized spacial score (nSPS) is 17.0. The molecule has 1 aliphatic heterocycles. The molecular formula is C18H27N3O2. The molecule has 0 bridgehead atoms. The van der Waals surface area contributed by atoms with Gasteiger partial charge in [0.25, 0.3) is 0 Å². The number of amides is 2. The summed E-state index contributed by atoms with van der Waals surface area (Å²) in [5.41, 5.74) is 1.78. The molecular weight excluding hydrogens is 290 g/mol. The molecule has 0 saturated carbocycles. The first-order valence-electron chi connectivity index (χ1n) is 8.44. The van der Waals surface area contributed by atoms with E-state index in [0.29, 0.717) is 25.4 Å². The fraction of sp³-hybridized carbons (Fsp3) is 0.556. The van der Waals surface area contributed by atoms with E-state index >= 15 is 0 Å². The zero-order valence-electron chi connectivity index (χ0n) is 14.1. The monoisotopic (exact) mass is 317 g/mol. The lowest BCUT2D eigenvalue weighted by Gasteiger charge is -2.21. The summed E-state index contributed by atoms with van der Waals surface area (Å²) in [4.78, 5) is 25.6. The number of benzene rings is 1. The van der Waals surface area contributed by atoms with Crippen molar-refractivity contribution in [1.82, 2.24) is 10.2 Å². The van der Waals surface area contributed by atoms with Crippen LogP contribution >= 0.6 is 0 Å². The van der Waals surface area contributed by atoms with E-state index in [1.54, 1.807) is 11.8 Å². The van der Waals surface area contributed by atoms with Crippen LogP contribution in [0.5, 0.6) is 0 Å². The van der Waals surface area contributed by atoms with Crippen molar-refractivity contribution in [3.63, 3.8) is 0 Å². The number of nitrogens with one attached hydrogen (secondary N) is 2. The van der Waals surface area contributed by atoms with Crippen molar-refractivity contribution in [1.29, 1.82) is 0 Å². The number of carbonyl (C=O) groups is 2. The van der Waals surface area contributed by atoms with Gasteiger partial charge in [-0.1, -0.05) is 18.2 Å². The summed E-state index contributed by atoms with van der Waals surface area (Å²) in [7, 11) is 0. The lowest BCUT2D eigenvalue weighted by molar-refractivity contribution is -0.129. The minimum Gasteiger partial charge on any atom is -0.339 e. The molecule has 1 atom stereocenters. The second kappa shape index (κ2) is 8.67. The van der Waals surface area contributed by atoms with E-state index in [9.17, 15) is 9.59 Å². The van der Waals surface area contributed by atoms with Crippen LogP contribution in [-0.2, 0) is 16.1 Å². The Kier molecular flexibility index (Phi) is 6.59. The van der Waals surface area contributed by atoms with Crippen LogP contribution < -0.4 is 10.6 Å². The summed E-state index contributed by atoms with van der Waals surface area (Å²) in [6.45, 7) is 6.79. The Morgan fingerprint density at radius 1 is 1.35 bits per heavy atom. The van der Waals surface area contributed by atoms with Gasteiger partial charge < -0.3 is 15.5 Å². The quantitative estimate of drug-likeness (QED) is 0.812. The molecule has 2 rings (SSSR count). The molecule has 1 aliphatic rings. The summed E-state index contributed by atoms with van der Waals surface area (Å²) < 4.78 is 0. The highest BCUT2D eigenvalue weighted by Crippen LogP contribution is 2.19. The minimum absolute atomic E-state index is 0.0439. The topological polar surface area (TPSA) is 61.4 Å². The molecule has 0 aliphatic carbocycles. The standard InChI is InChI=1S/C18H27N3O2/c1-3-21(14(2)22)13-16-6-4-5-7-17(16)20-18(23)9-8-15-10-11-19-12-15/h4-7,15,19H,3,8-13H2,1-2H3,(H,20,23). The van der Waals surface area contributed by atoms with E-state index in [4.69, 9.17) is 0 Å². The van der Waals surface area contributed by atoms with Crippen molar-refractivity contribution in [2.75, 3.05) is 25.0 Å². The number of hydrogen-bond donors (Lipinski definition) is 2. The number of nitrogens with zero attached hydrogens (tertiary/aromatic N) is 1. The van der Waals surface area contributed by atoms with E-state index in [1.807, 2.05) is 31.2 Å². The summed E-state index contributed by atoms with van der Waals surface area (Å²) in [6.07, 6.45) is 2.63. The lowest BCUT2D eigenvalue weighted by Crippen LogP contribution is -2.28. The molecule has 2 N–H and O–H groups in total. The lowest BCUT2D eigenvalue weighted by atomic mass is 10.0. The fourth-order valence-electron chi connectivity index (χ4n) is 2.94. The summed E-state index contributed by atoms with van der Waals surface area (Å²) >= 11 is 0. The van der Waals surface area contributed by atoms with E-state index in [1.165, 1.54) is 0 Å². The van der Waals surface area contributed by atoms with E-state index in [-0.39, 0.29) is 11.8 Å². The van der Waals surface area contributed by atoms with Crippen molar-refractivity contribution >= 4 is 17.5 Å². The van der Waals surface area contributed by atoms with Gasteiger partial charge in [-0.25, -0.2) is 0 Å². The van der Waals surface area contributed by atoms with Crippen LogP contribution in [0.15, 0.2) is 24.3 Å². The third-order valence-corrected chi connectivity index (χ3v) is 4.42. The first kappa shape index (κ1) is 17.5. The highest BCUT2D eigenvalue weighted by Gasteiger charge is 2.16. The molecule has 1 aromatic carbocycles. The van der Waals surface area contributed by atoms with Crippen LogP contribution in [-0.4, -0.2) is 36.3 Å².